The second-order valence-electron chi connectivity index (χ2n) is 4.27. The van der Waals surface area contributed by atoms with E-state index in [9.17, 15) is 17.8 Å². The smallest absolute Gasteiger partial charge is 0.742 e. The Bertz CT molecular complexity index is 884. The fourth-order valence-electron chi connectivity index (χ4n) is 1.47. The normalized spacial score (nSPS) is 11.2. The van der Waals surface area contributed by atoms with E-state index in [0.717, 1.165) is 12.3 Å². The SMILES string of the molecule is O=C(COc1ccc(Cl)cc1Cl)NN=Cc1ccc(S(=O)(=O)[O-])o1.[Na+]. The molecule has 1 aromatic heterocycles. The van der Waals surface area contributed by atoms with Gasteiger partial charge in [-0.25, -0.2) is 13.8 Å². The Labute approximate surface area is 175 Å². The number of nitrogens with zero attached hydrogens (tertiary/aromatic N) is 1. The number of carbonyl (C=O) groups excluding carboxylic acids is 1. The maximum atomic E-state index is 11.6. The number of furan rings is 1. The molecule has 0 aliphatic rings. The number of ether oxygens (including phenoxy) is 1. The van der Waals surface area contributed by atoms with Crippen LogP contribution >= 0.6 is 23.2 Å². The molecule has 0 aliphatic carbocycles. The van der Waals surface area contributed by atoms with Gasteiger partial charge in [-0.1, -0.05) is 23.2 Å². The molecule has 0 unspecified atom stereocenters. The molecule has 0 radical (unpaired) electrons. The van der Waals surface area contributed by atoms with Crippen LogP contribution < -0.4 is 39.7 Å². The van der Waals surface area contributed by atoms with Crippen molar-refractivity contribution in [3.8, 4) is 5.75 Å². The predicted molar refractivity (Wildman–Crippen MR) is 84.4 cm³/mol. The summed E-state index contributed by atoms with van der Waals surface area (Å²) in [5.41, 5.74) is 2.13. The van der Waals surface area contributed by atoms with Gasteiger partial charge < -0.3 is 13.7 Å². The Balaban J connectivity index is 0.00000312. The third-order valence-electron chi connectivity index (χ3n) is 2.48. The molecule has 8 nitrogen and oxygen atoms in total. The van der Waals surface area contributed by atoms with Crippen molar-refractivity contribution in [3.63, 3.8) is 0 Å². The van der Waals surface area contributed by atoms with Crippen molar-refractivity contribution < 1.29 is 56.5 Å². The number of hydrogen-bond acceptors (Lipinski definition) is 7. The van der Waals surface area contributed by atoms with Gasteiger partial charge in [-0.05, 0) is 30.3 Å². The molecule has 0 saturated heterocycles. The topological polar surface area (TPSA) is 121 Å². The van der Waals surface area contributed by atoms with Crippen molar-refractivity contribution in [2.45, 2.75) is 5.09 Å². The number of carbonyl (C=O) groups is 1. The van der Waals surface area contributed by atoms with Crippen LogP contribution in [0.1, 0.15) is 5.76 Å². The molecule has 25 heavy (non-hydrogen) atoms. The summed E-state index contributed by atoms with van der Waals surface area (Å²) in [6.07, 6.45) is 1.03. The van der Waals surface area contributed by atoms with Crippen LogP contribution in [0.5, 0.6) is 5.75 Å². The van der Waals surface area contributed by atoms with Crippen LogP contribution in [-0.4, -0.2) is 31.7 Å². The van der Waals surface area contributed by atoms with Gasteiger partial charge in [0, 0.05) is 5.02 Å². The van der Waals surface area contributed by atoms with Crippen LogP contribution in [0.25, 0.3) is 0 Å². The number of hydrogen-bond donors (Lipinski definition) is 1. The molecule has 0 saturated carbocycles. The maximum Gasteiger partial charge on any atom is 1.00 e. The maximum absolute atomic E-state index is 11.6. The minimum atomic E-state index is -4.68. The van der Waals surface area contributed by atoms with Gasteiger partial charge in [-0.2, -0.15) is 5.10 Å². The molecular weight excluding hydrogens is 406 g/mol. The third kappa shape index (κ3) is 6.98. The summed E-state index contributed by atoms with van der Waals surface area (Å²) in [5.74, 6) is -0.344. The number of rotatable bonds is 6. The van der Waals surface area contributed by atoms with Crippen LogP contribution in [0.2, 0.25) is 10.0 Å². The van der Waals surface area contributed by atoms with Gasteiger partial charge >= 0.3 is 29.6 Å². The number of amides is 1. The van der Waals surface area contributed by atoms with Crippen LogP contribution in [0, 0.1) is 0 Å². The average molecular weight is 415 g/mol. The van der Waals surface area contributed by atoms with Gasteiger partial charge in [0.1, 0.15) is 11.5 Å². The average Bonchev–Trinajstić information content (AvgIpc) is 2.95. The minimum Gasteiger partial charge on any atom is -0.742 e. The molecule has 2 aromatic rings. The van der Waals surface area contributed by atoms with Gasteiger partial charge in [0.25, 0.3) is 5.91 Å². The van der Waals surface area contributed by atoms with Gasteiger partial charge in [0.15, 0.2) is 16.7 Å². The molecule has 128 valence electrons. The first-order valence-corrected chi connectivity index (χ1v) is 8.37. The van der Waals surface area contributed by atoms with E-state index in [4.69, 9.17) is 32.4 Å². The van der Waals surface area contributed by atoms with Crippen LogP contribution in [0.3, 0.4) is 0 Å². The summed E-state index contributed by atoms with van der Waals surface area (Å²) in [7, 11) is -4.68. The second kappa shape index (κ2) is 9.58. The molecule has 0 fully saturated rings. The largest absolute Gasteiger partial charge is 1.00 e. The van der Waals surface area contributed by atoms with E-state index in [0.29, 0.717) is 5.02 Å². The van der Waals surface area contributed by atoms with E-state index >= 15 is 0 Å². The molecule has 1 N–H and O–H groups in total. The van der Waals surface area contributed by atoms with Crippen molar-refractivity contribution in [2.75, 3.05) is 6.61 Å². The molecule has 1 amide bonds. The van der Waals surface area contributed by atoms with Crippen molar-refractivity contribution in [1.82, 2.24) is 5.43 Å². The van der Waals surface area contributed by atoms with Gasteiger partial charge in [0.2, 0.25) is 5.09 Å². The molecule has 1 aromatic carbocycles. The van der Waals surface area contributed by atoms with Gasteiger partial charge in [-0.3, -0.25) is 4.79 Å². The summed E-state index contributed by atoms with van der Waals surface area (Å²) in [6.45, 7) is -0.364. The van der Waals surface area contributed by atoms with E-state index in [1.807, 2.05) is 0 Å². The van der Waals surface area contributed by atoms with Crippen molar-refractivity contribution in [3.05, 3.63) is 46.1 Å². The first kappa shape index (κ1) is 22.0. The standard InChI is InChI=1S/C13H10Cl2N2O6S.Na/c14-8-1-3-11(10(15)5-8)22-7-12(18)17-16-6-9-2-4-13(23-9)24(19,20)21;/h1-6H,7H2,(H,17,18)(H,19,20,21);/q;+1/p-1. The van der Waals surface area contributed by atoms with E-state index in [2.05, 4.69) is 10.5 Å². The number of halogens is 2. The monoisotopic (exact) mass is 414 g/mol. The Hall–Kier alpha value is -1.07. The molecule has 0 atom stereocenters. The summed E-state index contributed by atoms with van der Waals surface area (Å²) in [5, 5.41) is 3.48. The van der Waals surface area contributed by atoms with Crippen LogP contribution in [0.4, 0.5) is 0 Å². The molecule has 1 heterocycles. The number of hydrazone groups is 1. The number of benzene rings is 1. The second-order valence-corrected chi connectivity index (χ2v) is 6.42. The summed E-state index contributed by atoms with van der Waals surface area (Å²) in [4.78, 5) is 11.6. The van der Waals surface area contributed by atoms with Crippen molar-refractivity contribution in [2.24, 2.45) is 5.10 Å². The first-order chi connectivity index (χ1) is 11.3. The zero-order chi connectivity index (χ0) is 17.7. The van der Waals surface area contributed by atoms with Crippen molar-refractivity contribution >= 4 is 45.4 Å². The molecule has 0 spiro atoms. The first-order valence-electron chi connectivity index (χ1n) is 6.21. The van der Waals surface area contributed by atoms with Gasteiger partial charge in [0.05, 0.1) is 11.2 Å². The molecule has 12 heteroatoms. The zero-order valence-electron chi connectivity index (χ0n) is 12.7. The van der Waals surface area contributed by atoms with E-state index in [1.165, 1.54) is 18.2 Å². The summed E-state index contributed by atoms with van der Waals surface area (Å²) >= 11 is 11.6. The Morgan fingerprint density at radius 3 is 2.64 bits per heavy atom. The van der Waals surface area contributed by atoms with Crippen LogP contribution in [-0.2, 0) is 14.9 Å². The molecule has 0 aliphatic heterocycles. The van der Waals surface area contributed by atoms with E-state index < -0.39 is 21.1 Å². The number of nitrogens with one attached hydrogen (secondary N) is 1. The predicted octanol–water partition coefficient (Wildman–Crippen LogP) is -0.976. The molecular formula is C13H9Cl2N2NaO6S. The summed E-state index contributed by atoms with van der Waals surface area (Å²) < 4.78 is 42.0. The fraction of sp³-hybridized carbons (Fsp3) is 0.0769. The quantitative estimate of drug-likeness (QED) is 0.280. The van der Waals surface area contributed by atoms with Crippen LogP contribution in [0.15, 0.2) is 44.9 Å². The molecule has 0 bridgehead atoms. The van der Waals surface area contributed by atoms with Gasteiger partial charge in [-0.15, -0.1) is 0 Å². The summed E-state index contributed by atoms with van der Waals surface area (Å²) in [6, 6.07) is 6.72. The third-order valence-corrected chi connectivity index (χ3v) is 3.72. The van der Waals surface area contributed by atoms with E-state index in [-0.39, 0.29) is 52.7 Å². The Morgan fingerprint density at radius 1 is 1.32 bits per heavy atom. The van der Waals surface area contributed by atoms with Crippen molar-refractivity contribution in [1.29, 1.82) is 0 Å². The fourth-order valence-corrected chi connectivity index (χ4v) is 2.37. The Morgan fingerprint density at radius 2 is 2.04 bits per heavy atom. The minimum absolute atomic E-state index is 0. The Kier molecular flexibility index (Phi) is 8.42. The van der Waals surface area contributed by atoms with E-state index in [1.54, 1.807) is 6.07 Å². The molecule has 2 rings (SSSR count). The zero-order valence-corrected chi connectivity index (χ0v) is 17.1.